The maximum absolute atomic E-state index is 12.4. The van der Waals surface area contributed by atoms with Crippen LogP contribution in [-0.4, -0.2) is 25.3 Å². The molecule has 2 heterocycles. The highest BCUT2D eigenvalue weighted by molar-refractivity contribution is 6.16. The zero-order chi connectivity index (χ0) is 14.8. The lowest BCUT2D eigenvalue weighted by atomic mass is 9.90. The lowest BCUT2D eigenvalue weighted by Crippen LogP contribution is -2.32. The molecule has 5 heteroatoms. The number of rotatable bonds is 3. The predicted octanol–water partition coefficient (Wildman–Crippen LogP) is 2.78. The number of fused-ring (bicyclic) bond motifs is 1. The van der Waals surface area contributed by atoms with Crippen LogP contribution in [0.1, 0.15) is 24.2 Å². The number of benzene rings is 1. The van der Waals surface area contributed by atoms with Crippen molar-refractivity contribution >= 4 is 17.4 Å². The summed E-state index contributed by atoms with van der Waals surface area (Å²) in [5.41, 5.74) is 2.34. The van der Waals surface area contributed by atoms with Crippen molar-refractivity contribution in [3.05, 3.63) is 54.0 Å². The monoisotopic (exact) mass is 284 g/mol. The van der Waals surface area contributed by atoms with E-state index in [1.165, 1.54) is 0 Å². The molecular weight excluding hydrogens is 268 g/mol. The number of hydrogen-bond donors (Lipinski definition) is 0. The number of anilines is 1. The van der Waals surface area contributed by atoms with Gasteiger partial charge < -0.3 is 9.15 Å². The van der Waals surface area contributed by atoms with Gasteiger partial charge in [0, 0.05) is 7.05 Å². The van der Waals surface area contributed by atoms with Gasteiger partial charge in [-0.15, -0.1) is 0 Å². The topological polar surface area (TPSA) is 55.0 Å². The third-order valence-electron chi connectivity index (χ3n) is 3.42. The summed E-state index contributed by atoms with van der Waals surface area (Å²) in [6.45, 7) is 2.13. The summed E-state index contributed by atoms with van der Waals surface area (Å²) < 4.78 is 10.7. The highest BCUT2D eigenvalue weighted by Crippen LogP contribution is 2.35. The quantitative estimate of drug-likeness (QED) is 0.813. The van der Waals surface area contributed by atoms with Crippen molar-refractivity contribution in [2.75, 3.05) is 18.7 Å². The fraction of sp³-hybridized carbons (Fsp3) is 0.250. The van der Waals surface area contributed by atoms with Crippen LogP contribution < -0.4 is 5.01 Å². The molecule has 0 radical (unpaired) electrons. The van der Waals surface area contributed by atoms with Gasteiger partial charge in [0.2, 0.25) is 0 Å². The molecule has 5 nitrogen and oxygen atoms in total. The van der Waals surface area contributed by atoms with Crippen molar-refractivity contribution in [2.45, 2.75) is 12.8 Å². The molecule has 108 valence electrons. The Bertz CT molecular complexity index is 677. The molecule has 3 rings (SSSR count). The van der Waals surface area contributed by atoms with Crippen LogP contribution >= 0.6 is 0 Å². The van der Waals surface area contributed by atoms with Crippen molar-refractivity contribution < 1.29 is 13.9 Å². The second kappa shape index (κ2) is 5.44. The molecule has 1 aromatic carbocycles. The minimum Gasteiger partial charge on any atom is -0.465 e. The molecule has 21 heavy (non-hydrogen) atoms. The highest BCUT2D eigenvalue weighted by atomic mass is 16.5. The number of hydrazone groups is 1. The third kappa shape index (κ3) is 2.31. The molecule has 0 saturated carbocycles. The summed E-state index contributed by atoms with van der Waals surface area (Å²) in [6, 6.07) is 11.3. The number of para-hydroxylation sites is 1. The van der Waals surface area contributed by atoms with Gasteiger partial charge in [0.25, 0.3) is 0 Å². The molecular formula is C16H16N2O3. The predicted molar refractivity (Wildman–Crippen MR) is 79.5 cm³/mol. The molecule has 1 atom stereocenters. The maximum Gasteiger partial charge on any atom is 0.319 e. The zero-order valence-electron chi connectivity index (χ0n) is 11.9. The van der Waals surface area contributed by atoms with Crippen LogP contribution in [-0.2, 0) is 9.53 Å². The van der Waals surface area contributed by atoms with Gasteiger partial charge in [-0.3, -0.25) is 9.80 Å². The molecule has 1 aliphatic rings. The number of furan rings is 1. The highest BCUT2D eigenvalue weighted by Gasteiger charge is 2.36. The van der Waals surface area contributed by atoms with Crippen LogP contribution in [0.2, 0.25) is 0 Å². The Labute approximate surface area is 122 Å². The Morgan fingerprint density at radius 3 is 2.86 bits per heavy atom. The van der Waals surface area contributed by atoms with Crippen LogP contribution in [0.25, 0.3) is 0 Å². The fourth-order valence-electron chi connectivity index (χ4n) is 2.53. The number of hydrogen-bond acceptors (Lipinski definition) is 5. The molecule has 0 spiro atoms. The Balaban J connectivity index is 2.13. The van der Waals surface area contributed by atoms with E-state index in [1.807, 2.05) is 31.3 Å². The van der Waals surface area contributed by atoms with Crippen molar-refractivity contribution in [1.29, 1.82) is 0 Å². The molecule has 0 N–H and O–H groups in total. The van der Waals surface area contributed by atoms with Gasteiger partial charge in [0.15, 0.2) is 5.76 Å². The first-order valence-electron chi connectivity index (χ1n) is 6.84. The summed E-state index contributed by atoms with van der Waals surface area (Å²) in [6.07, 6.45) is 1.57. The first kappa shape index (κ1) is 13.4. The average molecular weight is 284 g/mol. The number of nitrogens with zero attached hydrogens (tertiary/aromatic N) is 2. The van der Waals surface area contributed by atoms with Gasteiger partial charge in [-0.1, -0.05) is 18.2 Å². The average Bonchev–Trinajstić information content (AvgIpc) is 3.01. The van der Waals surface area contributed by atoms with Crippen LogP contribution in [0, 0.1) is 0 Å². The Morgan fingerprint density at radius 2 is 2.14 bits per heavy atom. The van der Waals surface area contributed by atoms with Gasteiger partial charge in [-0.25, -0.2) is 0 Å². The van der Waals surface area contributed by atoms with Crippen LogP contribution in [0.4, 0.5) is 5.69 Å². The summed E-state index contributed by atoms with van der Waals surface area (Å²) >= 11 is 0. The SMILES string of the molecule is CCOC(=O)C1C(c2ccco2)=NN(C)c2ccccc21. The molecule has 0 amide bonds. The molecule has 0 saturated heterocycles. The van der Waals surface area contributed by atoms with Crippen LogP contribution in [0.15, 0.2) is 52.2 Å². The van der Waals surface area contributed by atoms with Gasteiger partial charge >= 0.3 is 5.97 Å². The maximum atomic E-state index is 12.4. The van der Waals surface area contributed by atoms with Gasteiger partial charge in [0.1, 0.15) is 11.6 Å². The van der Waals surface area contributed by atoms with E-state index in [-0.39, 0.29) is 5.97 Å². The van der Waals surface area contributed by atoms with Crippen molar-refractivity contribution in [2.24, 2.45) is 5.10 Å². The van der Waals surface area contributed by atoms with Gasteiger partial charge in [-0.05, 0) is 30.7 Å². The molecule has 1 unspecified atom stereocenters. The van der Waals surface area contributed by atoms with E-state index in [9.17, 15) is 4.79 Å². The molecule has 0 bridgehead atoms. The number of carbonyl (C=O) groups excluding carboxylic acids is 1. The summed E-state index contributed by atoms with van der Waals surface area (Å²) in [4.78, 5) is 12.4. The van der Waals surface area contributed by atoms with Crippen molar-refractivity contribution in [3.63, 3.8) is 0 Å². The van der Waals surface area contributed by atoms with E-state index in [0.29, 0.717) is 18.1 Å². The van der Waals surface area contributed by atoms with Crippen molar-refractivity contribution in [3.8, 4) is 0 Å². The normalized spacial score (nSPS) is 17.1. The molecule has 0 fully saturated rings. The summed E-state index contributed by atoms with van der Waals surface area (Å²) in [7, 11) is 1.85. The number of esters is 1. The van der Waals surface area contributed by atoms with E-state index >= 15 is 0 Å². The van der Waals surface area contributed by atoms with E-state index in [2.05, 4.69) is 5.10 Å². The molecule has 0 aliphatic carbocycles. The largest absolute Gasteiger partial charge is 0.465 e. The standard InChI is InChI=1S/C16H16N2O3/c1-3-20-16(19)14-11-7-4-5-8-12(11)18(2)17-15(14)13-9-6-10-21-13/h4-10,14H,3H2,1-2H3. The molecule has 1 aromatic heterocycles. The number of ether oxygens (including phenoxy) is 1. The van der Waals surface area contributed by atoms with Crippen LogP contribution in [0.5, 0.6) is 0 Å². The van der Waals surface area contributed by atoms with E-state index in [1.54, 1.807) is 30.3 Å². The lowest BCUT2D eigenvalue weighted by molar-refractivity contribution is -0.143. The second-order valence-electron chi connectivity index (χ2n) is 4.73. The Hall–Kier alpha value is -2.56. The lowest BCUT2D eigenvalue weighted by Gasteiger charge is -2.29. The summed E-state index contributed by atoms with van der Waals surface area (Å²) in [5, 5.41) is 6.26. The first-order valence-corrected chi connectivity index (χ1v) is 6.84. The Kier molecular flexibility index (Phi) is 3.48. The molecule has 1 aliphatic heterocycles. The Morgan fingerprint density at radius 1 is 1.33 bits per heavy atom. The third-order valence-corrected chi connectivity index (χ3v) is 3.42. The summed E-state index contributed by atoms with van der Waals surface area (Å²) in [5.74, 6) is -0.300. The minimum atomic E-state index is -0.566. The van der Waals surface area contributed by atoms with E-state index < -0.39 is 5.92 Å². The van der Waals surface area contributed by atoms with E-state index in [0.717, 1.165) is 11.3 Å². The minimum absolute atomic E-state index is 0.312. The smallest absolute Gasteiger partial charge is 0.319 e. The van der Waals surface area contributed by atoms with E-state index in [4.69, 9.17) is 9.15 Å². The van der Waals surface area contributed by atoms with Gasteiger partial charge in [-0.2, -0.15) is 5.10 Å². The van der Waals surface area contributed by atoms with Crippen molar-refractivity contribution in [1.82, 2.24) is 0 Å². The van der Waals surface area contributed by atoms with Gasteiger partial charge in [0.05, 0.1) is 18.6 Å². The second-order valence-corrected chi connectivity index (χ2v) is 4.73. The molecule has 2 aromatic rings. The number of carbonyl (C=O) groups is 1. The first-order chi connectivity index (χ1) is 10.2. The fourth-order valence-corrected chi connectivity index (χ4v) is 2.53. The zero-order valence-corrected chi connectivity index (χ0v) is 11.9. The van der Waals surface area contributed by atoms with Crippen LogP contribution in [0.3, 0.4) is 0 Å².